The average Bonchev–Trinajstić information content (AvgIpc) is 2.87. The number of amides is 2. The molecule has 7 heteroatoms. The summed E-state index contributed by atoms with van der Waals surface area (Å²) in [6.07, 6.45) is 2.94. The maximum Gasteiger partial charge on any atom is 0.408 e. The Labute approximate surface area is 194 Å². The van der Waals surface area contributed by atoms with Crippen LogP contribution in [0.3, 0.4) is 0 Å². The van der Waals surface area contributed by atoms with Gasteiger partial charge in [0.15, 0.2) is 0 Å². The molecular weight excluding hydrogens is 418 g/mol. The molecule has 0 saturated heterocycles. The van der Waals surface area contributed by atoms with Gasteiger partial charge in [-0.2, -0.15) is 5.26 Å². The number of nitrogens with one attached hydrogen (secondary N) is 2. The minimum absolute atomic E-state index is 0.0796. The second-order valence-corrected chi connectivity index (χ2v) is 8.24. The molecule has 33 heavy (non-hydrogen) atoms. The van der Waals surface area contributed by atoms with Crippen LogP contribution in [0, 0.1) is 11.3 Å². The third-order valence-electron chi connectivity index (χ3n) is 6.27. The monoisotopic (exact) mass is 447 g/mol. The van der Waals surface area contributed by atoms with Crippen LogP contribution in [0.1, 0.15) is 41.6 Å². The molecule has 0 aliphatic heterocycles. The Morgan fingerprint density at radius 2 is 1.76 bits per heavy atom. The van der Waals surface area contributed by atoms with E-state index in [0.29, 0.717) is 43.5 Å². The average molecular weight is 448 g/mol. The first-order valence-corrected chi connectivity index (χ1v) is 10.9. The summed E-state index contributed by atoms with van der Waals surface area (Å²) in [5.41, 5.74) is 0.179. The predicted octanol–water partition coefficient (Wildman–Crippen LogP) is 4.11. The number of alkyl carbamates (subject to hydrolysis) is 1. The molecule has 1 aliphatic carbocycles. The molecular formula is C26H29N3O4. The second-order valence-electron chi connectivity index (χ2n) is 8.24. The van der Waals surface area contributed by atoms with E-state index in [4.69, 9.17) is 9.47 Å². The molecule has 172 valence electrons. The van der Waals surface area contributed by atoms with Crippen molar-refractivity contribution in [3.05, 3.63) is 78.4 Å². The lowest BCUT2D eigenvalue weighted by Crippen LogP contribution is -2.54. The summed E-state index contributed by atoms with van der Waals surface area (Å²) in [7, 11) is 1.53. The molecule has 2 amide bonds. The fraction of sp³-hybridized carbons (Fsp3) is 0.346. The van der Waals surface area contributed by atoms with E-state index in [1.54, 1.807) is 18.2 Å². The number of nitriles is 1. The number of benzene rings is 2. The predicted molar refractivity (Wildman–Crippen MR) is 125 cm³/mol. The zero-order valence-electron chi connectivity index (χ0n) is 18.8. The molecule has 2 aromatic rings. The molecule has 0 aromatic heterocycles. The molecule has 2 aromatic carbocycles. The SMILES string of the molecule is C=CCOC(=O)N[C@]1(C#N)CC[C@](CNC(=O)c2ccccc2OC)(c2ccccc2)CC1. The van der Waals surface area contributed by atoms with Gasteiger partial charge in [0.2, 0.25) is 0 Å². The van der Waals surface area contributed by atoms with E-state index in [1.165, 1.54) is 13.2 Å². The number of carbonyl (C=O) groups excluding carboxylic acids is 2. The van der Waals surface area contributed by atoms with Crippen LogP contribution >= 0.6 is 0 Å². The number of ether oxygens (including phenoxy) is 2. The standard InChI is InChI=1S/C26H29N3O4/c1-3-17-33-24(31)29-26(18-27)15-13-25(14-16-26,20-9-5-4-6-10-20)19-28-23(30)21-11-7-8-12-22(21)32-2/h3-12H,1,13-17,19H2,2H3,(H,28,30)(H,29,31)/t25-,26+. The summed E-state index contributed by atoms with van der Waals surface area (Å²) in [6.45, 7) is 4.00. The van der Waals surface area contributed by atoms with Crippen LogP contribution in [0.4, 0.5) is 4.79 Å². The smallest absolute Gasteiger partial charge is 0.408 e. The van der Waals surface area contributed by atoms with Gasteiger partial charge in [0, 0.05) is 12.0 Å². The number of hydrogen-bond acceptors (Lipinski definition) is 5. The third-order valence-corrected chi connectivity index (χ3v) is 6.27. The van der Waals surface area contributed by atoms with Crippen molar-refractivity contribution in [2.45, 2.75) is 36.6 Å². The Balaban J connectivity index is 1.78. The van der Waals surface area contributed by atoms with Gasteiger partial charge >= 0.3 is 6.09 Å². The van der Waals surface area contributed by atoms with E-state index >= 15 is 0 Å². The fourth-order valence-electron chi connectivity index (χ4n) is 4.32. The molecule has 0 unspecified atom stereocenters. The first-order chi connectivity index (χ1) is 16.0. The van der Waals surface area contributed by atoms with Crippen molar-refractivity contribution in [2.75, 3.05) is 20.3 Å². The first kappa shape index (κ1) is 23.9. The fourth-order valence-corrected chi connectivity index (χ4v) is 4.32. The Bertz CT molecular complexity index is 1020. The quantitative estimate of drug-likeness (QED) is 0.593. The zero-order valence-corrected chi connectivity index (χ0v) is 18.8. The van der Waals surface area contributed by atoms with Crippen molar-refractivity contribution in [1.29, 1.82) is 5.26 Å². The molecule has 0 spiro atoms. The highest BCUT2D eigenvalue weighted by atomic mass is 16.5. The molecule has 7 nitrogen and oxygen atoms in total. The number of hydrogen-bond donors (Lipinski definition) is 2. The van der Waals surface area contributed by atoms with Crippen LogP contribution in [-0.4, -0.2) is 37.8 Å². The van der Waals surface area contributed by atoms with Gasteiger partial charge in [0.05, 0.1) is 18.7 Å². The third kappa shape index (κ3) is 5.53. The van der Waals surface area contributed by atoms with Crippen molar-refractivity contribution in [3.63, 3.8) is 0 Å². The van der Waals surface area contributed by atoms with Crippen molar-refractivity contribution >= 4 is 12.0 Å². The molecule has 1 fully saturated rings. The lowest BCUT2D eigenvalue weighted by atomic mass is 9.64. The number of methoxy groups -OCH3 is 1. The summed E-state index contributed by atoms with van der Waals surface area (Å²) in [6, 6.07) is 19.3. The molecule has 0 radical (unpaired) electrons. The molecule has 0 heterocycles. The van der Waals surface area contributed by atoms with Gasteiger partial charge in [-0.25, -0.2) is 4.79 Å². The number of rotatable bonds is 8. The van der Waals surface area contributed by atoms with E-state index < -0.39 is 11.6 Å². The number of carbonyl (C=O) groups is 2. The van der Waals surface area contributed by atoms with Crippen molar-refractivity contribution in [1.82, 2.24) is 10.6 Å². The Hall–Kier alpha value is -3.79. The minimum Gasteiger partial charge on any atom is -0.496 e. The second kappa shape index (κ2) is 10.7. The summed E-state index contributed by atoms with van der Waals surface area (Å²) < 4.78 is 10.3. The van der Waals surface area contributed by atoms with Crippen LogP contribution in [0.2, 0.25) is 0 Å². The summed E-state index contributed by atoms with van der Waals surface area (Å²) >= 11 is 0. The largest absolute Gasteiger partial charge is 0.496 e. The highest BCUT2D eigenvalue weighted by Gasteiger charge is 2.45. The van der Waals surface area contributed by atoms with Crippen LogP contribution < -0.4 is 15.4 Å². The van der Waals surface area contributed by atoms with Crippen molar-refractivity contribution in [2.24, 2.45) is 0 Å². The van der Waals surface area contributed by atoms with Gasteiger partial charge in [-0.1, -0.05) is 55.1 Å². The number of para-hydroxylation sites is 1. The maximum atomic E-state index is 12.9. The Morgan fingerprint density at radius 1 is 1.09 bits per heavy atom. The Morgan fingerprint density at radius 3 is 2.39 bits per heavy atom. The molecule has 2 N–H and O–H groups in total. The van der Waals surface area contributed by atoms with E-state index in [0.717, 1.165) is 5.56 Å². The van der Waals surface area contributed by atoms with Crippen LogP contribution in [0.5, 0.6) is 5.75 Å². The minimum atomic E-state index is -1.01. The van der Waals surface area contributed by atoms with Crippen LogP contribution in [0.15, 0.2) is 67.3 Å². The summed E-state index contributed by atoms with van der Waals surface area (Å²) in [4.78, 5) is 25.0. The van der Waals surface area contributed by atoms with Gasteiger partial charge in [-0.15, -0.1) is 0 Å². The normalized spacial score (nSPS) is 21.8. The first-order valence-electron chi connectivity index (χ1n) is 10.9. The lowest BCUT2D eigenvalue weighted by molar-refractivity contribution is 0.0926. The van der Waals surface area contributed by atoms with Crippen LogP contribution in [0.25, 0.3) is 0 Å². The lowest BCUT2D eigenvalue weighted by Gasteiger charge is -2.44. The number of nitrogens with zero attached hydrogens (tertiary/aromatic N) is 1. The zero-order chi connectivity index (χ0) is 23.7. The topological polar surface area (TPSA) is 100 Å². The van der Waals surface area contributed by atoms with Gasteiger partial charge in [-0.05, 0) is 43.4 Å². The van der Waals surface area contributed by atoms with Gasteiger partial charge in [0.25, 0.3) is 5.91 Å². The highest BCUT2D eigenvalue weighted by molar-refractivity contribution is 5.97. The molecule has 0 bridgehead atoms. The van der Waals surface area contributed by atoms with E-state index in [-0.39, 0.29) is 17.9 Å². The van der Waals surface area contributed by atoms with Gasteiger partial charge in [0.1, 0.15) is 17.9 Å². The molecule has 3 rings (SSSR count). The van der Waals surface area contributed by atoms with E-state index in [2.05, 4.69) is 23.3 Å². The Kier molecular flexibility index (Phi) is 7.73. The molecule has 1 aliphatic rings. The summed E-state index contributed by atoms with van der Waals surface area (Å²) in [5, 5.41) is 15.7. The van der Waals surface area contributed by atoms with E-state index in [1.807, 2.05) is 36.4 Å². The summed E-state index contributed by atoms with van der Waals surface area (Å²) in [5.74, 6) is 0.296. The van der Waals surface area contributed by atoms with Crippen LogP contribution in [-0.2, 0) is 10.2 Å². The van der Waals surface area contributed by atoms with Crippen molar-refractivity contribution < 1.29 is 19.1 Å². The molecule has 0 atom stereocenters. The van der Waals surface area contributed by atoms with Crippen molar-refractivity contribution in [3.8, 4) is 11.8 Å². The maximum absolute atomic E-state index is 12.9. The highest BCUT2D eigenvalue weighted by Crippen LogP contribution is 2.43. The van der Waals surface area contributed by atoms with Gasteiger partial charge in [-0.3, -0.25) is 4.79 Å². The van der Waals surface area contributed by atoms with Gasteiger partial charge < -0.3 is 20.1 Å². The van der Waals surface area contributed by atoms with E-state index in [9.17, 15) is 14.9 Å². The molecule has 1 saturated carbocycles.